The summed E-state index contributed by atoms with van der Waals surface area (Å²) in [6, 6.07) is 65.1. The van der Waals surface area contributed by atoms with E-state index in [1.54, 1.807) is 51.6 Å². The van der Waals surface area contributed by atoms with Crippen molar-refractivity contribution in [1.29, 1.82) is 0 Å². The number of aromatic hydroxyl groups is 2. The maximum absolute atomic E-state index is 12.5. The molecule has 0 radical (unpaired) electrons. The molecule has 8 aromatic carbocycles. The maximum atomic E-state index is 12.5. The Bertz CT molecular complexity index is 5610. The molecular weight excluding hydrogens is 1550 g/mol. The van der Waals surface area contributed by atoms with Gasteiger partial charge in [-0.25, -0.2) is 9.98 Å². The zero-order valence-corrected chi connectivity index (χ0v) is 70.1. The third-order valence-corrected chi connectivity index (χ3v) is 21.7. The van der Waals surface area contributed by atoms with Crippen molar-refractivity contribution in [2.75, 3.05) is 30.2 Å². The number of esters is 1. The number of methoxy groups -OCH3 is 2. The van der Waals surface area contributed by atoms with Gasteiger partial charge in [0.25, 0.3) is 11.8 Å². The fourth-order valence-corrected chi connectivity index (χ4v) is 15.4. The summed E-state index contributed by atoms with van der Waals surface area (Å²) in [5.74, 6) is 4.53. The number of thioether (sulfide) groups is 1. The number of phenols is 2. The third kappa shape index (κ3) is 22.8. The fourth-order valence-electron chi connectivity index (χ4n) is 12.8. The molecule has 21 nitrogen and oxygen atoms in total. The van der Waals surface area contributed by atoms with Gasteiger partial charge in [0, 0.05) is 102 Å². The van der Waals surface area contributed by atoms with Crippen LogP contribution in [-0.4, -0.2) is 95.0 Å². The summed E-state index contributed by atoms with van der Waals surface area (Å²) in [6.45, 7) is 18.9. The summed E-state index contributed by atoms with van der Waals surface area (Å²) in [6.07, 6.45) is 5.51. The molecule has 15 rings (SSSR count). The summed E-state index contributed by atoms with van der Waals surface area (Å²) in [4.78, 5) is 63.2. The van der Waals surface area contributed by atoms with Gasteiger partial charge in [-0.2, -0.15) is 0 Å². The molecule has 1 aliphatic carbocycles. The number of thiophene rings is 1. The summed E-state index contributed by atoms with van der Waals surface area (Å²) in [5.41, 5.74) is 17.6. The van der Waals surface area contributed by atoms with Gasteiger partial charge in [0.2, 0.25) is 0 Å². The minimum Gasteiger partial charge on any atom is -0.504 e. The maximum Gasteiger partial charge on any atom is 0.330 e. The van der Waals surface area contributed by atoms with Crippen LogP contribution in [0.25, 0.3) is 33.9 Å². The minimum atomic E-state index is -1.14. The highest BCUT2D eigenvalue weighted by Crippen LogP contribution is 2.47. The number of nitrogens with zero attached hydrogens (tertiary/aromatic N) is 5. The van der Waals surface area contributed by atoms with Crippen LogP contribution in [-0.2, 0) is 53.1 Å². The Morgan fingerprint density at radius 1 is 0.658 bits per heavy atom. The van der Waals surface area contributed by atoms with E-state index in [0.29, 0.717) is 47.6 Å². The number of ketones is 1. The topological polar surface area (TPSA) is 286 Å². The molecule has 1 atom stereocenters. The van der Waals surface area contributed by atoms with Crippen molar-refractivity contribution < 1.29 is 52.4 Å². The van der Waals surface area contributed by atoms with Crippen LogP contribution in [0.5, 0.6) is 23.0 Å². The second-order valence-electron chi connectivity index (χ2n) is 28.3. The molecule has 0 spiro atoms. The average molecular weight is 1640 g/mol. The summed E-state index contributed by atoms with van der Waals surface area (Å²) < 4.78 is 26.4. The summed E-state index contributed by atoms with van der Waals surface area (Å²) in [7, 11) is 3.33. The molecule has 0 saturated carbocycles. The smallest absolute Gasteiger partial charge is 0.330 e. The van der Waals surface area contributed by atoms with Crippen LogP contribution in [0.4, 0.5) is 22.7 Å². The van der Waals surface area contributed by atoms with E-state index in [1.165, 1.54) is 57.5 Å². The van der Waals surface area contributed by atoms with Gasteiger partial charge in [0.1, 0.15) is 52.4 Å². The summed E-state index contributed by atoms with van der Waals surface area (Å²) in [5, 5.41) is 45.3. The molecular formula is C92H92N10O11S4. The number of hydrogen-bond donors (Lipinski definition) is 7. The number of anilines is 3. The Morgan fingerprint density at radius 2 is 1.32 bits per heavy atom. The van der Waals surface area contributed by atoms with E-state index in [-0.39, 0.29) is 39.3 Å². The predicted octanol–water partition coefficient (Wildman–Crippen LogP) is 19.8. The van der Waals surface area contributed by atoms with E-state index >= 15 is 0 Å². The Labute approximate surface area is 699 Å². The first-order valence-corrected chi connectivity index (χ1v) is 40.5. The first-order chi connectivity index (χ1) is 56.3. The molecule has 2 aliphatic heterocycles. The molecule has 117 heavy (non-hydrogen) atoms. The Hall–Kier alpha value is -12.4. The Kier molecular flexibility index (Phi) is 29.0. The zero-order valence-electron chi connectivity index (χ0n) is 66.9. The number of ether oxygens (including phenoxy) is 3. The number of amides is 2. The third-order valence-electron chi connectivity index (χ3n) is 19.0. The highest BCUT2D eigenvalue weighted by atomic mass is 32.2. The van der Waals surface area contributed by atoms with Gasteiger partial charge < -0.3 is 49.2 Å². The quantitative estimate of drug-likeness (QED) is 0.0130. The molecule has 7 N–H and O–H groups in total. The molecule has 12 aromatic rings. The van der Waals surface area contributed by atoms with Crippen molar-refractivity contribution >= 4 is 115 Å². The van der Waals surface area contributed by atoms with Gasteiger partial charge in [0.15, 0.2) is 38.1 Å². The number of thiocarbonyl (C=S) groups is 2. The van der Waals surface area contributed by atoms with E-state index in [4.69, 9.17) is 47.5 Å². The minimum absolute atomic E-state index is 0.0771. The van der Waals surface area contributed by atoms with E-state index in [0.717, 1.165) is 133 Å². The van der Waals surface area contributed by atoms with Crippen molar-refractivity contribution in [1.82, 2.24) is 25.8 Å². The van der Waals surface area contributed by atoms with E-state index in [2.05, 4.69) is 117 Å². The molecule has 1 fully saturated rings. The number of Topliss-reactive ketones (excluding diaryl/α,β-unsaturated/α-hetero) is 1. The van der Waals surface area contributed by atoms with Crippen molar-refractivity contribution in [2.24, 2.45) is 9.98 Å². The predicted molar refractivity (Wildman–Crippen MR) is 474 cm³/mol. The Balaban J connectivity index is 0.000000144. The number of fused-ring (bicyclic) bond motifs is 4. The number of rotatable bonds is 19. The number of aryl methyl sites for hydroxylation is 6. The van der Waals surface area contributed by atoms with Crippen molar-refractivity contribution in [2.45, 2.75) is 124 Å². The molecule has 3 aliphatic rings. The van der Waals surface area contributed by atoms with Crippen LogP contribution in [0.2, 0.25) is 0 Å². The number of furan rings is 2. The molecule has 4 aromatic heterocycles. The van der Waals surface area contributed by atoms with Crippen LogP contribution in [0, 0.1) is 27.7 Å². The monoisotopic (exact) mass is 1640 g/mol. The number of benzene rings is 8. The lowest BCUT2D eigenvalue weighted by Crippen LogP contribution is -2.41. The number of carbonyl (C=O) groups excluding carboxylic acids is 4. The molecule has 0 bridgehead atoms. The molecule has 6 heterocycles. The number of carbonyl (C=O) groups is 4. The SMILES string of the molecule is CCC(=O)C1(SC2=Nc3ccccc3C2)CC(C)(C)OC1=O.CCc1ccc(-c2ccc(NC(=S)NC(=O)c3ccc(C)cc3)cc2)o1.CCc1ccc(-c2ccc(NC(=S)NC(=O)c3cccs3)cc2)o1.COc1ccc(CNc2cc(C)ccc2C)c(OC)c1.Cc1cccc2c1Cc1nc(CN=Cc3ccc(O)c(O)c3)nnc1-2. The number of cyclic esters (lactones) is 1. The van der Waals surface area contributed by atoms with Gasteiger partial charge in [0.05, 0.1) is 35.5 Å². The molecule has 1 unspecified atom stereocenters. The largest absolute Gasteiger partial charge is 0.504 e. The second kappa shape index (κ2) is 39.8. The molecule has 600 valence electrons. The first kappa shape index (κ1) is 85.5. The van der Waals surface area contributed by atoms with Crippen LogP contribution >= 0.6 is 47.5 Å². The van der Waals surface area contributed by atoms with Crippen molar-refractivity contribution in [3.8, 4) is 56.9 Å². The van der Waals surface area contributed by atoms with Gasteiger partial charge >= 0.3 is 5.97 Å². The lowest BCUT2D eigenvalue weighted by atomic mass is 9.92. The van der Waals surface area contributed by atoms with Crippen LogP contribution in [0.15, 0.2) is 230 Å². The van der Waals surface area contributed by atoms with Gasteiger partial charge in [-0.15, -0.1) is 21.5 Å². The zero-order chi connectivity index (χ0) is 83.3. The second-order valence-corrected chi connectivity index (χ2v) is 31.4. The van der Waals surface area contributed by atoms with Crippen LogP contribution in [0.3, 0.4) is 0 Å². The van der Waals surface area contributed by atoms with E-state index < -0.39 is 16.3 Å². The lowest BCUT2D eigenvalue weighted by molar-refractivity contribution is -0.148. The van der Waals surface area contributed by atoms with Gasteiger partial charge in [-0.1, -0.05) is 105 Å². The number of aliphatic imine (C=N–C) groups is 2. The number of hydrogen-bond acceptors (Lipinski definition) is 21. The number of phenolic OH excluding ortho intramolecular Hbond substituents is 2. The Morgan fingerprint density at radius 3 is 1.91 bits per heavy atom. The van der Waals surface area contributed by atoms with E-state index in [9.17, 15) is 29.4 Å². The van der Waals surface area contributed by atoms with Gasteiger partial charge in [-0.3, -0.25) is 34.8 Å². The van der Waals surface area contributed by atoms with Crippen molar-refractivity contribution in [3.05, 3.63) is 290 Å². The molecule has 25 heteroatoms. The molecule has 1 saturated heterocycles. The van der Waals surface area contributed by atoms with Crippen LogP contribution < -0.4 is 36.1 Å². The first-order valence-electron chi connectivity index (χ1n) is 38.0. The lowest BCUT2D eigenvalue weighted by Gasteiger charge is -2.23. The summed E-state index contributed by atoms with van der Waals surface area (Å²) >= 11 is 13.1. The van der Waals surface area contributed by atoms with Gasteiger partial charge in [-0.05, 0) is 238 Å². The van der Waals surface area contributed by atoms with Crippen LogP contribution in [0.1, 0.15) is 135 Å². The number of aromatic nitrogens is 3. The number of para-hydroxylation sites is 1. The normalized spacial score (nSPS) is 13.6. The highest BCUT2D eigenvalue weighted by molar-refractivity contribution is 8.16. The fraction of sp³-hybridized carbons (Fsp3) is 0.228. The number of nitrogens with one attached hydrogen (secondary N) is 5. The molecule has 2 amide bonds. The van der Waals surface area contributed by atoms with Crippen molar-refractivity contribution in [3.63, 3.8) is 0 Å². The standard InChI is InChI=1S/C21H20N2O2S.C19H16N4O2.C18H16N2O2S2.C17H19NO3S.C17H21NO2/c1-3-18-12-13-19(25-18)15-8-10-17(11-9-15)22-21(26)23-20(24)16-6-4-14(2)5-7-16;1-11-3-2-4-13-14(11)8-15-19(13)23-22-18(21-15)10-20-9-12-5-6-16(24)17(25)7-12;1-2-14-9-10-15(22-14)12-5-7-13(8-6-12)19-18(23)20-17(21)16-4-3-11-24-16;1-4-13(19)17(10-16(2,3)21-15(17)20)22-14-9-11-7-5-6-8-12(11)18-14;1-12-5-6-13(2)16(9-12)18-11-14-7-8-15(19-3)10-17(14)20-4/h4-13H,3H2,1-2H3,(H2,22,23,24,26);2-7,9,24-25H,8,10H2,1H3;3-11H,2H2,1H3,(H2,19,20,21,23);5-8H,4,9-10H2,1-3H3;5-10,18H,11H2,1-4H3. The van der Waals surface area contributed by atoms with E-state index in [1.807, 2.05) is 166 Å². The highest BCUT2D eigenvalue weighted by Gasteiger charge is 2.58. The average Bonchev–Trinajstić information content (AvgIpc) is 1.61.